The zero-order valence-electron chi connectivity index (χ0n) is 16.9. The van der Waals surface area contributed by atoms with Crippen LogP contribution in [0.5, 0.6) is 0 Å². The van der Waals surface area contributed by atoms with Crippen molar-refractivity contribution in [3.05, 3.63) is 106 Å². The first-order valence-corrected chi connectivity index (χ1v) is 10.9. The molecule has 0 bridgehead atoms. The zero-order chi connectivity index (χ0) is 21.5. The van der Waals surface area contributed by atoms with E-state index in [1.54, 1.807) is 12.1 Å². The van der Waals surface area contributed by atoms with Crippen LogP contribution in [0.25, 0.3) is 0 Å². The van der Waals surface area contributed by atoms with E-state index >= 15 is 0 Å². The summed E-state index contributed by atoms with van der Waals surface area (Å²) in [5, 5.41) is 5.40. The van der Waals surface area contributed by atoms with Crippen molar-refractivity contribution in [1.29, 1.82) is 0 Å². The molecule has 0 amide bonds. The largest absolute Gasteiger partial charge is 0.389 e. The van der Waals surface area contributed by atoms with Crippen molar-refractivity contribution in [1.82, 2.24) is 0 Å². The van der Waals surface area contributed by atoms with E-state index in [1.807, 2.05) is 66.7 Å². The zero-order valence-corrected chi connectivity index (χ0v) is 18.4. The van der Waals surface area contributed by atoms with E-state index in [4.69, 9.17) is 37.5 Å². The summed E-state index contributed by atoms with van der Waals surface area (Å²) in [6, 6.07) is 25.5. The minimum Gasteiger partial charge on any atom is -0.389 e. The fourth-order valence-corrected chi connectivity index (χ4v) is 4.08. The molecule has 1 aliphatic rings. The lowest BCUT2D eigenvalue weighted by Crippen LogP contribution is -2.32. The summed E-state index contributed by atoms with van der Waals surface area (Å²) in [6.45, 7) is 1.79. The molecule has 3 aromatic rings. The standard InChI is InChI=1S/C25H23Cl2NO3/c26-21-12-7-13-22(27)24(21)25-20(16-29-14-18-8-3-1-4-9-18)23(31-28-25)17-30-15-19-10-5-2-6-11-19/h1-13,20,23H,14-17H2/t20-,23+/m0/s1. The van der Waals surface area contributed by atoms with Crippen LogP contribution < -0.4 is 0 Å². The maximum absolute atomic E-state index is 6.44. The van der Waals surface area contributed by atoms with E-state index in [2.05, 4.69) is 5.16 Å². The van der Waals surface area contributed by atoms with Gasteiger partial charge in [0.25, 0.3) is 0 Å². The molecule has 2 atom stereocenters. The van der Waals surface area contributed by atoms with Gasteiger partial charge in [-0.05, 0) is 23.3 Å². The van der Waals surface area contributed by atoms with Gasteiger partial charge in [-0.1, -0.05) is 95.1 Å². The number of nitrogens with zero attached hydrogens (tertiary/aromatic N) is 1. The number of oxime groups is 1. The molecule has 0 unspecified atom stereocenters. The van der Waals surface area contributed by atoms with Crippen molar-refractivity contribution >= 4 is 28.9 Å². The van der Waals surface area contributed by atoms with E-state index < -0.39 is 0 Å². The van der Waals surface area contributed by atoms with E-state index in [1.165, 1.54) is 0 Å². The monoisotopic (exact) mass is 455 g/mol. The molecule has 3 aromatic carbocycles. The van der Waals surface area contributed by atoms with Crippen LogP contribution in [0, 0.1) is 5.92 Å². The van der Waals surface area contributed by atoms with Crippen LogP contribution in [0.1, 0.15) is 16.7 Å². The van der Waals surface area contributed by atoms with Gasteiger partial charge in [0.15, 0.2) is 6.10 Å². The maximum atomic E-state index is 6.44. The number of hydrogen-bond acceptors (Lipinski definition) is 4. The fraction of sp³-hybridized carbons (Fsp3) is 0.240. The van der Waals surface area contributed by atoms with Crippen molar-refractivity contribution in [2.75, 3.05) is 13.2 Å². The summed E-state index contributed by atoms with van der Waals surface area (Å²) in [4.78, 5) is 5.75. The number of benzene rings is 3. The quantitative estimate of drug-likeness (QED) is 0.388. The van der Waals surface area contributed by atoms with Crippen molar-refractivity contribution in [2.45, 2.75) is 19.3 Å². The van der Waals surface area contributed by atoms with Gasteiger partial charge in [-0.15, -0.1) is 0 Å². The van der Waals surface area contributed by atoms with Gasteiger partial charge in [0, 0.05) is 5.56 Å². The summed E-state index contributed by atoms with van der Waals surface area (Å²) in [6.07, 6.45) is -0.290. The summed E-state index contributed by atoms with van der Waals surface area (Å²) in [7, 11) is 0. The molecule has 0 fully saturated rings. The Morgan fingerprint density at radius 1 is 0.710 bits per heavy atom. The van der Waals surface area contributed by atoms with Crippen LogP contribution in [0.2, 0.25) is 10.0 Å². The molecule has 0 aromatic heterocycles. The van der Waals surface area contributed by atoms with E-state index in [0.717, 1.165) is 11.1 Å². The van der Waals surface area contributed by atoms with Crippen LogP contribution in [-0.4, -0.2) is 25.0 Å². The van der Waals surface area contributed by atoms with Crippen LogP contribution in [0.4, 0.5) is 0 Å². The topological polar surface area (TPSA) is 40.0 Å². The third-order valence-corrected chi connectivity index (χ3v) is 5.74. The highest BCUT2D eigenvalue weighted by Gasteiger charge is 2.37. The first kappa shape index (κ1) is 21.8. The van der Waals surface area contributed by atoms with Crippen LogP contribution in [0.15, 0.2) is 84.0 Å². The Hall–Kier alpha value is -2.37. The molecule has 0 spiro atoms. The molecule has 0 aliphatic carbocycles. The van der Waals surface area contributed by atoms with Crippen molar-refractivity contribution in [2.24, 2.45) is 11.1 Å². The van der Waals surface area contributed by atoms with Gasteiger partial charge >= 0.3 is 0 Å². The Bertz CT molecular complexity index is 992. The highest BCUT2D eigenvalue weighted by Crippen LogP contribution is 2.32. The Morgan fingerprint density at radius 3 is 1.84 bits per heavy atom. The van der Waals surface area contributed by atoms with Crippen LogP contribution in [0.3, 0.4) is 0 Å². The third kappa shape index (κ3) is 5.66. The number of halogens is 2. The number of hydrogen-bond donors (Lipinski definition) is 0. The molecule has 1 heterocycles. The maximum Gasteiger partial charge on any atom is 0.161 e. The molecule has 0 saturated carbocycles. The normalized spacial score (nSPS) is 17.9. The Labute approximate surface area is 192 Å². The van der Waals surface area contributed by atoms with E-state index in [0.29, 0.717) is 47.7 Å². The highest BCUT2D eigenvalue weighted by molar-refractivity contribution is 6.40. The summed E-state index contributed by atoms with van der Waals surface area (Å²) >= 11 is 12.9. The molecule has 6 heteroatoms. The van der Waals surface area contributed by atoms with Crippen molar-refractivity contribution < 1.29 is 14.3 Å². The second kappa shape index (κ2) is 10.8. The lowest BCUT2D eigenvalue weighted by Gasteiger charge is -2.20. The van der Waals surface area contributed by atoms with Crippen molar-refractivity contribution in [3.8, 4) is 0 Å². The predicted octanol–water partition coefficient (Wildman–Crippen LogP) is 6.15. The fourth-order valence-electron chi connectivity index (χ4n) is 3.49. The van der Waals surface area contributed by atoms with Gasteiger partial charge in [0.2, 0.25) is 0 Å². The van der Waals surface area contributed by atoms with E-state index in [9.17, 15) is 0 Å². The smallest absolute Gasteiger partial charge is 0.161 e. The van der Waals surface area contributed by atoms with E-state index in [-0.39, 0.29) is 12.0 Å². The molecular formula is C25H23Cl2NO3. The lowest BCUT2D eigenvalue weighted by atomic mass is 9.93. The van der Waals surface area contributed by atoms with Crippen LogP contribution in [-0.2, 0) is 27.5 Å². The number of rotatable bonds is 9. The Balaban J connectivity index is 1.45. The Morgan fingerprint density at radius 2 is 1.26 bits per heavy atom. The average Bonchev–Trinajstić information content (AvgIpc) is 3.17. The van der Waals surface area contributed by atoms with Gasteiger partial charge in [-0.3, -0.25) is 0 Å². The Kier molecular flexibility index (Phi) is 7.60. The molecule has 31 heavy (non-hydrogen) atoms. The molecule has 4 rings (SSSR count). The van der Waals surface area contributed by atoms with Crippen LogP contribution >= 0.6 is 23.2 Å². The molecule has 160 valence electrons. The second-order valence-corrected chi connectivity index (χ2v) is 8.14. The summed E-state index contributed by atoms with van der Waals surface area (Å²) in [5.74, 6) is -0.156. The van der Waals surface area contributed by atoms with Gasteiger partial charge < -0.3 is 14.3 Å². The molecule has 4 nitrogen and oxygen atoms in total. The SMILES string of the molecule is Clc1cccc(Cl)c1C1=NO[C@H](COCc2ccccc2)[C@@H]1COCc1ccccc1. The van der Waals surface area contributed by atoms with Crippen molar-refractivity contribution in [3.63, 3.8) is 0 Å². The molecular weight excluding hydrogens is 433 g/mol. The minimum atomic E-state index is -0.290. The predicted molar refractivity (Wildman–Crippen MR) is 124 cm³/mol. The summed E-state index contributed by atoms with van der Waals surface area (Å²) in [5.41, 5.74) is 3.59. The summed E-state index contributed by atoms with van der Waals surface area (Å²) < 4.78 is 12.0. The molecule has 0 radical (unpaired) electrons. The lowest BCUT2D eigenvalue weighted by molar-refractivity contribution is -0.0361. The van der Waals surface area contributed by atoms with Gasteiger partial charge in [0.05, 0.1) is 48.1 Å². The minimum absolute atomic E-state index is 0.156. The van der Waals surface area contributed by atoms with Gasteiger partial charge in [0.1, 0.15) is 0 Å². The van der Waals surface area contributed by atoms with Gasteiger partial charge in [-0.25, -0.2) is 0 Å². The average molecular weight is 456 g/mol. The first-order valence-electron chi connectivity index (χ1n) is 10.1. The highest BCUT2D eigenvalue weighted by atomic mass is 35.5. The third-order valence-electron chi connectivity index (χ3n) is 5.11. The molecule has 0 N–H and O–H groups in total. The second-order valence-electron chi connectivity index (χ2n) is 7.32. The molecule has 1 aliphatic heterocycles. The first-order chi connectivity index (χ1) is 15.2. The van der Waals surface area contributed by atoms with Gasteiger partial charge in [-0.2, -0.15) is 0 Å². The number of ether oxygens (including phenoxy) is 2. The molecule has 0 saturated heterocycles.